The standard InChI is InChI=1S/C18H16N4O2S/c23-17-3-1-2-10-22(17)14-7-5-13(6-8-14)19-18(24)12-4-9-15-16(11-12)21-25-20-15/h4-9,11H,1-3,10H2,(H,19,24). The summed E-state index contributed by atoms with van der Waals surface area (Å²) < 4.78 is 8.28. The highest BCUT2D eigenvalue weighted by Gasteiger charge is 2.19. The van der Waals surface area contributed by atoms with Crippen molar-refractivity contribution >= 4 is 46.0 Å². The van der Waals surface area contributed by atoms with Gasteiger partial charge >= 0.3 is 0 Å². The Morgan fingerprint density at radius 2 is 1.84 bits per heavy atom. The van der Waals surface area contributed by atoms with Gasteiger partial charge in [0.05, 0.1) is 11.7 Å². The van der Waals surface area contributed by atoms with Crippen molar-refractivity contribution in [3.8, 4) is 0 Å². The van der Waals surface area contributed by atoms with Gasteiger partial charge in [-0.15, -0.1) is 0 Å². The largest absolute Gasteiger partial charge is 0.322 e. The van der Waals surface area contributed by atoms with Crippen LogP contribution in [0.2, 0.25) is 0 Å². The van der Waals surface area contributed by atoms with Crippen LogP contribution in [0.1, 0.15) is 29.6 Å². The molecule has 0 radical (unpaired) electrons. The SMILES string of the molecule is O=C(Nc1ccc(N2CCCCC2=O)cc1)c1ccc2nsnc2c1. The predicted molar refractivity (Wildman–Crippen MR) is 98.0 cm³/mol. The van der Waals surface area contributed by atoms with Crippen molar-refractivity contribution in [2.24, 2.45) is 0 Å². The minimum Gasteiger partial charge on any atom is -0.322 e. The molecule has 4 rings (SSSR count). The molecule has 2 amide bonds. The quantitative estimate of drug-likeness (QED) is 0.783. The average Bonchev–Trinajstić information content (AvgIpc) is 3.10. The molecule has 0 bridgehead atoms. The number of piperidine rings is 1. The molecule has 0 spiro atoms. The van der Waals surface area contributed by atoms with E-state index in [1.165, 1.54) is 0 Å². The highest BCUT2D eigenvalue weighted by Crippen LogP contribution is 2.23. The minimum absolute atomic E-state index is 0.160. The van der Waals surface area contributed by atoms with Crippen molar-refractivity contribution in [1.29, 1.82) is 0 Å². The van der Waals surface area contributed by atoms with E-state index in [0.29, 0.717) is 17.7 Å². The lowest BCUT2D eigenvalue weighted by Crippen LogP contribution is -2.35. The number of carbonyl (C=O) groups is 2. The third-order valence-corrected chi connectivity index (χ3v) is 4.83. The van der Waals surface area contributed by atoms with Crippen LogP contribution in [-0.2, 0) is 4.79 Å². The number of aromatic nitrogens is 2. The van der Waals surface area contributed by atoms with Gasteiger partial charge in [0.25, 0.3) is 5.91 Å². The van der Waals surface area contributed by atoms with Crippen molar-refractivity contribution in [1.82, 2.24) is 8.75 Å². The molecule has 1 saturated heterocycles. The fourth-order valence-corrected chi connectivity index (χ4v) is 3.45. The number of rotatable bonds is 3. The van der Waals surface area contributed by atoms with E-state index in [1.54, 1.807) is 23.1 Å². The zero-order valence-corrected chi connectivity index (χ0v) is 14.3. The van der Waals surface area contributed by atoms with Crippen molar-refractivity contribution in [3.63, 3.8) is 0 Å². The lowest BCUT2D eigenvalue weighted by atomic mass is 10.1. The maximum atomic E-state index is 12.4. The molecule has 25 heavy (non-hydrogen) atoms. The molecule has 3 aromatic rings. The number of fused-ring (bicyclic) bond motifs is 1. The molecule has 126 valence electrons. The number of carbonyl (C=O) groups excluding carboxylic acids is 2. The lowest BCUT2D eigenvalue weighted by Gasteiger charge is -2.26. The monoisotopic (exact) mass is 352 g/mol. The second-order valence-electron chi connectivity index (χ2n) is 5.97. The zero-order chi connectivity index (χ0) is 17.2. The van der Waals surface area contributed by atoms with Crippen LogP contribution in [0, 0.1) is 0 Å². The molecule has 1 aromatic heterocycles. The highest BCUT2D eigenvalue weighted by molar-refractivity contribution is 7.00. The van der Waals surface area contributed by atoms with Crippen molar-refractivity contribution < 1.29 is 9.59 Å². The number of anilines is 2. The maximum absolute atomic E-state index is 12.4. The molecule has 0 saturated carbocycles. The van der Waals surface area contributed by atoms with E-state index in [4.69, 9.17) is 0 Å². The Morgan fingerprint density at radius 1 is 1.04 bits per heavy atom. The van der Waals surface area contributed by atoms with Crippen LogP contribution in [-0.4, -0.2) is 27.1 Å². The fraction of sp³-hybridized carbons (Fsp3) is 0.222. The first kappa shape index (κ1) is 15.7. The topological polar surface area (TPSA) is 75.2 Å². The van der Waals surface area contributed by atoms with Gasteiger partial charge in [0.1, 0.15) is 11.0 Å². The molecule has 6 nitrogen and oxygen atoms in total. The highest BCUT2D eigenvalue weighted by atomic mass is 32.1. The van der Waals surface area contributed by atoms with Gasteiger partial charge in [-0.3, -0.25) is 9.59 Å². The first-order chi connectivity index (χ1) is 12.2. The van der Waals surface area contributed by atoms with Gasteiger partial charge in [-0.05, 0) is 55.3 Å². The number of nitrogens with zero attached hydrogens (tertiary/aromatic N) is 3. The number of nitrogens with one attached hydrogen (secondary N) is 1. The summed E-state index contributed by atoms with van der Waals surface area (Å²) in [4.78, 5) is 26.2. The van der Waals surface area contributed by atoms with Crippen LogP contribution in [0.15, 0.2) is 42.5 Å². The van der Waals surface area contributed by atoms with Crippen molar-refractivity contribution in [2.75, 3.05) is 16.8 Å². The first-order valence-electron chi connectivity index (χ1n) is 8.15. The summed E-state index contributed by atoms with van der Waals surface area (Å²) in [5.41, 5.74) is 3.61. The Bertz CT molecular complexity index is 936. The second kappa shape index (κ2) is 6.60. The predicted octanol–water partition coefficient (Wildman–Crippen LogP) is 3.46. The third kappa shape index (κ3) is 3.23. The van der Waals surface area contributed by atoms with Gasteiger partial charge in [0, 0.05) is 29.9 Å². The molecule has 1 fully saturated rings. The number of benzene rings is 2. The van der Waals surface area contributed by atoms with E-state index in [0.717, 1.165) is 47.8 Å². The van der Waals surface area contributed by atoms with Gasteiger partial charge in [0.15, 0.2) is 0 Å². The Labute approximate surface area is 148 Å². The van der Waals surface area contributed by atoms with Crippen LogP contribution in [0.4, 0.5) is 11.4 Å². The van der Waals surface area contributed by atoms with Gasteiger partial charge in [-0.2, -0.15) is 8.75 Å². The normalized spacial score (nSPS) is 14.7. The fourth-order valence-electron chi connectivity index (χ4n) is 2.93. The van der Waals surface area contributed by atoms with Crippen LogP contribution in [0.25, 0.3) is 11.0 Å². The number of hydrogen-bond donors (Lipinski definition) is 1. The second-order valence-corrected chi connectivity index (χ2v) is 6.50. The lowest BCUT2D eigenvalue weighted by molar-refractivity contribution is -0.119. The van der Waals surface area contributed by atoms with E-state index in [1.807, 2.05) is 24.3 Å². The Morgan fingerprint density at radius 3 is 2.64 bits per heavy atom. The summed E-state index contributed by atoms with van der Waals surface area (Å²) in [7, 11) is 0. The molecule has 2 aromatic carbocycles. The van der Waals surface area contributed by atoms with Gasteiger partial charge < -0.3 is 10.2 Å². The average molecular weight is 352 g/mol. The molecule has 1 aliphatic rings. The van der Waals surface area contributed by atoms with Crippen LogP contribution >= 0.6 is 11.7 Å². The summed E-state index contributed by atoms with van der Waals surface area (Å²) in [5.74, 6) is -0.0371. The van der Waals surface area contributed by atoms with Crippen LogP contribution in [0.3, 0.4) is 0 Å². The summed E-state index contributed by atoms with van der Waals surface area (Å²) in [6.45, 7) is 0.756. The zero-order valence-electron chi connectivity index (χ0n) is 13.4. The van der Waals surface area contributed by atoms with Gasteiger partial charge in [-0.1, -0.05) is 0 Å². The molecule has 2 heterocycles. The summed E-state index contributed by atoms with van der Waals surface area (Å²) in [6, 6.07) is 12.6. The van der Waals surface area contributed by atoms with E-state index in [-0.39, 0.29) is 11.8 Å². The Hall–Kier alpha value is -2.80. The van der Waals surface area contributed by atoms with Crippen molar-refractivity contribution in [3.05, 3.63) is 48.0 Å². The molecular weight excluding hydrogens is 336 g/mol. The summed E-state index contributed by atoms with van der Waals surface area (Å²) in [6.07, 6.45) is 2.59. The Kier molecular flexibility index (Phi) is 4.15. The van der Waals surface area contributed by atoms with E-state index in [2.05, 4.69) is 14.1 Å². The summed E-state index contributed by atoms with van der Waals surface area (Å²) >= 11 is 1.13. The number of hydrogen-bond acceptors (Lipinski definition) is 5. The maximum Gasteiger partial charge on any atom is 0.255 e. The molecule has 1 N–H and O–H groups in total. The molecule has 0 unspecified atom stereocenters. The molecule has 0 atom stereocenters. The van der Waals surface area contributed by atoms with Gasteiger partial charge in [0.2, 0.25) is 5.91 Å². The molecule has 1 aliphatic heterocycles. The minimum atomic E-state index is -0.198. The first-order valence-corrected chi connectivity index (χ1v) is 8.88. The molecular formula is C18H16N4O2S. The summed E-state index contributed by atoms with van der Waals surface area (Å²) in [5, 5.41) is 2.87. The van der Waals surface area contributed by atoms with E-state index in [9.17, 15) is 9.59 Å². The van der Waals surface area contributed by atoms with Gasteiger partial charge in [-0.25, -0.2) is 0 Å². The molecule has 0 aliphatic carbocycles. The third-order valence-electron chi connectivity index (χ3n) is 4.28. The van der Waals surface area contributed by atoms with E-state index >= 15 is 0 Å². The van der Waals surface area contributed by atoms with E-state index < -0.39 is 0 Å². The van der Waals surface area contributed by atoms with Crippen molar-refractivity contribution in [2.45, 2.75) is 19.3 Å². The number of amides is 2. The van der Waals surface area contributed by atoms with Crippen LogP contribution < -0.4 is 10.2 Å². The van der Waals surface area contributed by atoms with Crippen LogP contribution in [0.5, 0.6) is 0 Å². The smallest absolute Gasteiger partial charge is 0.255 e. The molecule has 7 heteroatoms. The Balaban J connectivity index is 1.48.